The van der Waals surface area contributed by atoms with Gasteiger partial charge in [0.15, 0.2) is 0 Å². The summed E-state index contributed by atoms with van der Waals surface area (Å²) < 4.78 is 2.11. The van der Waals surface area contributed by atoms with E-state index in [-0.39, 0.29) is 0 Å². The second kappa shape index (κ2) is 6.62. The largest absolute Gasteiger partial charge is 0.338 e. The van der Waals surface area contributed by atoms with E-state index in [2.05, 4.69) is 35.8 Å². The van der Waals surface area contributed by atoms with E-state index in [0.717, 1.165) is 13.0 Å². The zero-order valence-electron chi connectivity index (χ0n) is 10.2. The third-order valence-corrected chi connectivity index (χ3v) is 2.67. The number of nitrogens with one attached hydrogen (secondary N) is 1. The van der Waals surface area contributed by atoms with E-state index in [1.807, 2.05) is 12.4 Å². The van der Waals surface area contributed by atoms with Crippen LogP contribution in [0.15, 0.2) is 12.4 Å². The van der Waals surface area contributed by atoms with Crippen molar-refractivity contribution in [2.24, 2.45) is 7.05 Å². The maximum absolute atomic E-state index is 4.37. The molecule has 1 aromatic heterocycles. The van der Waals surface area contributed by atoms with Crippen LogP contribution in [0.4, 0.5) is 0 Å². The lowest BCUT2D eigenvalue weighted by atomic mass is 10.1. The number of hydrogen-bond donors (Lipinski definition) is 1. The summed E-state index contributed by atoms with van der Waals surface area (Å²) >= 11 is 0. The first-order valence-corrected chi connectivity index (χ1v) is 5.97. The standard InChI is InChI=1S/C12H23N3/c1-4-6-11(13-7-5-2)10-12-14-8-9-15(12)3/h8-9,11,13H,4-7,10H2,1-3H3. The van der Waals surface area contributed by atoms with Gasteiger partial charge in [0.2, 0.25) is 0 Å². The van der Waals surface area contributed by atoms with Crippen molar-refractivity contribution in [1.29, 1.82) is 0 Å². The van der Waals surface area contributed by atoms with Crippen molar-refractivity contribution in [2.75, 3.05) is 6.54 Å². The summed E-state index contributed by atoms with van der Waals surface area (Å²) in [5.74, 6) is 1.18. The van der Waals surface area contributed by atoms with Crippen LogP contribution >= 0.6 is 0 Å². The molecule has 86 valence electrons. The average molecular weight is 209 g/mol. The van der Waals surface area contributed by atoms with Gasteiger partial charge in [-0.2, -0.15) is 0 Å². The molecule has 1 unspecified atom stereocenters. The number of nitrogens with zero attached hydrogens (tertiary/aromatic N) is 2. The minimum Gasteiger partial charge on any atom is -0.338 e. The zero-order valence-corrected chi connectivity index (χ0v) is 10.2. The maximum atomic E-state index is 4.37. The molecule has 0 aliphatic rings. The number of rotatable bonds is 7. The van der Waals surface area contributed by atoms with Gasteiger partial charge in [0, 0.05) is 31.9 Å². The summed E-state index contributed by atoms with van der Waals surface area (Å²) in [6, 6.07) is 0.580. The smallest absolute Gasteiger partial charge is 0.109 e. The highest BCUT2D eigenvalue weighted by Crippen LogP contribution is 2.05. The van der Waals surface area contributed by atoms with Crippen molar-refractivity contribution in [3.63, 3.8) is 0 Å². The lowest BCUT2D eigenvalue weighted by molar-refractivity contribution is 0.460. The number of imidazole rings is 1. The van der Waals surface area contributed by atoms with Crippen molar-refractivity contribution < 1.29 is 0 Å². The number of hydrogen-bond acceptors (Lipinski definition) is 2. The average Bonchev–Trinajstić information content (AvgIpc) is 2.61. The fourth-order valence-electron chi connectivity index (χ4n) is 1.79. The van der Waals surface area contributed by atoms with Crippen LogP contribution in [0.5, 0.6) is 0 Å². The van der Waals surface area contributed by atoms with E-state index in [9.17, 15) is 0 Å². The first-order valence-electron chi connectivity index (χ1n) is 5.97. The van der Waals surface area contributed by atoms with Crippen LogP contribution in [0, 0.1) is 0 Å². The van der Waals surface area contributed by atoms with E-state index in [4.69, 9.17) is 0 Å². The molecule has 0 saturated heterocycles. The minimum atomic E-state index is 0.580. The Morgan fingerprint density at radius 2 is 2.20 bits per heavy atom. The van der Waals surface area contributed by atoms with Crippen LogP contribution in [-0.2, 0) is 13.5 Å². The highest BCUT2D eigenvalue weighted by molar-refractivity contribution is 4.94. The highest BCUT2D eigenvalue weighted by Gasteiger charge is 2.10. The van der Waals surface area contributed by atoms with Gasteiger partial charge in [0.1, 0.15) is 5.82 Å². The molecule has 1 aromatic rings. The van der Waals surface area contributed by atoms with Crippen molar-refractivity contribution in [2.45, 2.75) is 45.6 Å². The summed E-state index contributed by atoms with van der Waals surface area (Å²) in [6.45, 7) is 5.55. The summed E-state index contributed by atoms with van der Waals surface area (Å²) in [5, 5.41) is 3.58. The Balaban J connectivity index is 2.46. The fraction of sp³-hybridized carbons (Fsp3) is 0.750. The topological polar surface area (TPSA) is 29.9 Å². The predicted molar refractivity (Wildman–Crippen MR) is 63.9 cm³/mol. The summed E-state index contributed by atoms with van der Waals surface area (Å²) in [6.07, 6.45) is 8.58. The molecule has 0 fully saturated rings. The molecule has 0 aromatic carbocycles. The molecule has 0 aliphatic heterocycles. The molecule has 1 N–H and O–H groups in total. The Morgan fingerprint density at radius 3 is 2.73 bits per heavy atom. The maximum Gasteiger partial charge on any atom is 0.109 e. The molecule has 0 bridgehead atoms. The third-order valence-electron chi connectivity index (χ3n) is 2.67. The second-order valence-corrected chi connectivity index (χ2v) is 4.10. The van der Waals surface area contributed by atoms with Gasteiger partial charge in [-0.05, 0) is 19.4 Å². The van der Waals surface area contributed by atoms with E-state index < -0.39 is 0 Å². The Hall–Kier alpha value is -0.830. The molecule has 0 radical (unpaired) electrons. The molecule has 1 rings (SSSR count). The lowest BCUT2D eigenvalue weighted by Crippen LogP contribution is -2.32. The monoisotopic (exact) mass is 209 g/mol. The van der Waals surface area contributed by atoms with Gasteiger partial charge in [0.05, 0.1) is 0 Å². The Kier molecular flexibility index (Phi) is 5.40. The Labute approximate surface area is 92.9 Å². The Bertz CT molecular complexity index is 268. The van der Waals surface area contributed by atoms with Crippen LogP contribution in [-0.4, -0.2) is 22.1 Å². The summed E-state index contributed by atoms with van der Waals surface area (Å²) in [4.78, 5) is 4.37. The molecule has 3 nitrogen and oxygen atoms in total. The predicted octanol–water partition coefficient (Wildman–Crippen LogP) is 2.13. The third kappa shape index (κ3) is 4.04. The molecular formula is C12H23N3. The molecular weight excluding hydrogens is 186 g/mol. The molecule has 1 atom stereocenters. The number of aromatic nitrogens is 2. The van der Waals surface area contributed by atoms with Gasteiger partial charge in [-0.25, -0.2) is 4.98 Å². The van der Waals surface area contributed by atoms with Crippen molar-refractivity contribution in [1.82, 2.24) is 14.9 Å². The molecule has 0 saturated carbocycles. The molecule has 15 heavy (non-hydrogen) atoms. The van der Waals surface area contributed by atoms with E-state index in [1.54, 1.807) is 0 Å². The molecule has 0 amide bonds. The van der Waals surface area contributed by atoms with Gasteiger partial charge < -0.3 is 9.88 Å². The van der Waals surface area contributed by atoms with Crippen LogP contribution in [0.25, 0.3) is 0 Å². The van der Waals surface area contributed by atoms with Crippen molar-refractivity contribution in [3.05, 3.63) is 18.2 Å². The molecule has 1 heterocycles. The van der Waals surface area contributed by atoms with Gasteiger partial charge in [-0.1, -0.05) is 20.3 Å². The first-order chi connectivity index (χ1) is 7.27. The van der Waals surface area contributed by atoms with Gasteiger partial charge in [-0.15, -0.1) is 0 Å². The first kappa shape index (κ1) is 12.2. The lowest BCUT2D eigenvalue weighted by Gasteiger charge is -2.17. The van der Waals surface area contributed by atoms with E-state index in [1.165, 1.54) is 25.1 Å². The zero-order chi connectivity index (χ0) is 11.1. The summed E-state index contributed by atoms with van der Waals surface area (Å²) in [7, 11) is 2.06. The van der Waals surface area contributed by atoms with Crippen LogP contribution in [0.2, 0.25) is 0 Å². The van der Waals surface area contributed by atoms with Crippen molar-refractivity contribution >= 4 is 0 Å². The fourth-order valence-corrected chi connectivity index (χ4v) is 1.79. The number of aryl methyl sites for hydroxylation is 1. The van der Waals surface area contributed by atoms with Crippen molar-refractivity contribution in [3.8, 4) is 0 Å². The molecule has 0 aliphatic carbocycles. The van der Waals surface area contributed by atoms with E-state index >= 15 is 0 Å². The molecule has 0 spiro atoms. The van der Waals surface area contributed by atoms with Gasteiger partial charge in [-0.3, -0.25) is 0 Å². The quantitative estimate of drug-likeness (QED) is 0.745. The SMILES string of the molecule is CCCNC(CCC)Cc1nccn1C. The highest BCUT2D eigenvalue weighted by atomic mass is 15.0. The van der Waals surface area contributed by atoms with E-state index in [0.29, 0.717) is 6.04 Å². The normalized spacial score (nSPS) is 13.0. The van der Waals surface area contributed by atoms with Gasteiger partial charge in [0.25, 0.3) is 0 Å². The summed E-state index contributed by atoms with van der Waals surface area (Å²) in [5.41, 5.74) is 0. The minimum absolute atomic E-state index is 0.580. The Morgan fingerprint density at radius 1 is 1.40 bits per heavy atom. The van der Waals surface area contributed by atoms with Crippen LogP contribution in [0.3, 0.4) is 0 Å². The van der Waals surface area contributed by atoms with Gasteiger partial charge >= 0.3 is 0 Å². The van der Waals surface area contributed by atoms with Crippen LogP contribution < -0.4 is 5.32 Å². The van der Waals surface area contributed by atoms with Crippen LogP contribution in [0.1, 0.15) is 38.9 Å². The molecule has 3 heteroatoms. The second-order valence-electron chi connectivity index (χ2n) is 4.10.